The minimum absolute atomic E-state index is 0.0256. The lowest BCUT2D eigenvalue weighted by molar-refractivity contribution is -0.197. The summed E-state index contributed by atoms with van der Waals surface area (Å²) in [6.07, 6.45) is 11.1. The third-order valence-corrected chi connectivity index (χ3v) is 10.9. The standard InChI is InChI=1S/C35H39N3O10S2/c1-34(2)25-21-23(49(42,43)44)14-16-27(25)36-29(34)11-7-5-8-12-30-35(3,4)26-22-24(50(45,46)47)15-17-28(26)37(30)20-10-6-9-13-33(41)48-38-31(39)18-19-32(38)40/h5,7-8,11-12,14-17,21-22H,6,9-10,13,18-20H2,1-4H3,(H,42,43,44)(H,45,46,47)/b8-5+,11-7+,30-12+. The van der Waals surface area contributed by atoms with Crippen LogP contribution in [0.1, 0.15) is 77.3 Å². The van der Waals surface area contributed by atoms with Gasteiger partial charge in [0.25, 0.3) is 32.1 Å². The minimum atomic E-state index is -4.43. The zero-order valence-corrected chi connectivity index (χ0v) is 29.8. The summed E-state index contributed by atoms with van der Waals surface area (Å²) in [6, 6.07) is 8.81. The summed E-state index contributed by atoms with van der Waals surface area (Å²) in [4.78, 5) is 46.9. The Balaban J connectivity index is 1.30. The Morgan fingerprint density at radius 3 is 2.10 bits per heavy atom. The van der Waals surface area contributed by atoms with E-state index in [1.165, 1.54) is 24.3 Å². The summed E-state index contributed by atoms with van der Waals surface area (Å²) in [5, 5.41) is 0.537. The van der Waals surface area contributed by atoms with Crippen LogP contribution < -0.4 is 4.90 Å². The highest BCUT2D eigenvalue weighted by molar-refractivity contribution is 7.86. The van der Waals surface area contributed by atoms with Crippen LogP contribution in [0.5, 0.6) is 0 Å². The molecule has 0 saturated carbocycles. The molecule has 0 aliphatic carbocycles. The van der Waals surface area contributed by atoms with E-state index in [1.807, 2.05) is 58.1 Å². The number of rotatable bonds is 12. The molecule has 5 rings (SSSR count). The van der Waals surface area contributed by atoms with Crippen molar-refractivity contribution in [1.82, 2.24) is 5.06 Å². The molecule has 0 aromatic heterocycles. The second kappa shape index (κ2) is 13.7. The van der Waals surface area contributed by atoms with Crippen LogP contribution in [0, 0.1) is 0 Å². The van der Waals surface area contributed by atoms with Crippen LogP contribution in [0.15, 0.2) is 87.3 Å². The molecule has 3 heterocycles. The van der Waals surface area contributed by atoms with Crippen LogP contribution in [0.25, 0.3) is 0 Å². The van der Waals surface area contributed by atoms with Gasteiger partial charge in [0.05, 0.1) is 21.2 Å². The molecule has 3 aliphatic rings. The van der Waals surface area contributed by atoms with E-state index >= 15 is 0 Å². The molecule has 1 saturated heterocycles. The highest BCUT2D eigenvalue weighted by Gasteiger charge is 2.40. The predicted octanol–water partition coefficient (Wildman–Crippen LogP) is 5.51. The van der Waals surface area contributed by atoms with E-state index < -0.39 is 48.8 Å². The Morgan fingerprint density at radius 1 is 0.840 bits per heavy atom. The number of carbonyl (C=O) groups excluding carboxylic acids is 3. The van der Waals surface area contributed by atoms with E-state index in [4.69, 9.17) is 4.84 Å². The Bertz CT molecular complexity index is 2080. The van der Waals surface area contributed by atoms with Crippen molar-refractivity contribution >= 4 is 55.1 Å². The zero-order valence-electron chi connectivity index (χ0n) is 28.1. The van der Waals surface area contributed by atoms with E-state index in [9.17, 15) is 40.3 Å². The van der Waals surface area contributed by atoms with Crippen LogP contribution in [-0.2, 0) is 50.3 Å². The van der Waals surface area contributed by atoms with Gasteiger partial charge in [-0.3, -0.25) is 23.7 Å². The van der Waals surface area contributed by atoms with Crippen LogP contribution in [0.3, 0.4) is 0 Å². The van der Waals surface area contributed by atoms with Gasteiger partial charge in [-0.2, -0.15) is 16.8 Å². The molecule has 50 heavy (non-hydrogen) atoms. The first-order valence-electron chi connectivity index (χ1n) is 16.0. The monoisotopic (exact) mass is 725 g/mol. The first-order valence-corrected chi connectivity index (χ1v) is 18.9. The van der Waals surface area contributed by atoms with Gasteiger partial charge in [0, 0.05) is 48.0 Å². The Morgan fingerprint density at radius 2 is 1.46 bits per heavy atom. The highest BCUT2D eigenvalue weighted by atomic mass is 32.2. The normalized spacial score (nSPS) is 19.2. The van der Waals surface area contributed by atoms with Gasteiger partial charge < -0.3 is 9.74 Å². The molecule has 0 unspecified atom stereocenters. The van der Waals surface area contributed by atoms with E-state index in [-0.39, 0.29) is 29.1 Å². The number of anilines is 1. The molecule has 13 nitrogen and oxygen atoms in total. The van der Waals surface area contributed by atoms with E-state index in [0.717, 1.165) is 16.9 Å². The van der Waals surface area contributed by atoms with Gasteiger partial charge in [0.2, 0.25) is 0 Å². The van der Waals surface area contributed by atoms with E-state index in [1.54, 1.807) is 12.1 Å². The summed E-state index contributed by atoms with van der Waals surface area (Å²) < 4.78 is 66.5. The smallest absolute Gasteiger partial charge is 0.333 e. The number of hydrogen-bond donors (Lipinski definition) is 2. The molecule has 0 radical (unpaired) electrons. The van der Waals surface area contributed by atoms with Crippen molar-refractivity contribution in [2.75, 3.05) is 11.4 Å². The largest absolute Gasteiger partial charge is 0.344 e. The Kier molecular flexibility index (Phi) is 10.1. The lowest BCUT2D eigenvalue weighted by atomic mass is 9.81. The number of hydrogen-bond acceptors (Lipinski definition) is 10. The van der Waals surface area contributed by atoms with Gasteiger partial charge in [0.15, 0.2) is 0 Å². The number of amides is 2. The molecular formula is C35H39N3O10S2. The first kappa shape index (κ1) is 36.8. The van der Waals surface area contributed by atoms with Crippen molar-refractivity contribution < 1.29 is 45.2 Å². The fourth-order valence-electron chi connectivity index (χ4n) is 6.36. The Labute approximate surface area is 291 Å². The molecule has 0 spiro atoms. The average molecular weight is 726 g/mol. The van der Waals surface area contributed by atoms with Crippen molar-refractivity contribution in [3.05, 3.63) is 83.6 Å². The number of benzene rings is 2. The molecule has 266 valence electrons. The molecule has 2 amide bonds. The maximum absolute atomic E-state index is 12.2. The van der Waals surface area contributed by atoms with Crippen molar-refractivity contribution in [2.45, 2.75) is 86.8 Å². The summed E-state index contributed by atoms with van der Waals surface area (Å²) in [7, 11) is -8.79. The maximum atomic E-state index is 12.2. The summed E-state index contributed by atoms with van der Waals surface area (Å²) in [5.74, 6) is -1.71. The number of imide groups is 1. The molecule has 1 fully saturated rings. The van der Waals surface area contributed by atoms with Crippen molar-refractivity contribution in [3.63, 3.8) is 0 Å². The molecule has 2 N–H and O–H groups in total. The van der Waals surface area contributed by atoms with Gasteiger partial charge in [-0.05, 0) is 72.5 Å². The van der Waals surface area contributed by atoms with Gasteiger partial charge in [-0.15, -0.1) is 5.06 Å². The van der Waals surface area contributed by atoms with Gasteiger partial charge in [-0.1, -0.05) is 52.3 Å². The van der Waals surface area contributed by atoms with Crippen molar-refractivity contribution in [2.24, 2.45) is 4.99 Å². The summed E-state index contributed by atoms with van der Waals surface area (Å²) in [6.45, 7) is 8.28. The topological polar surface area (TPSA) is 188 Å². The SMILES string of the molecule is CC1(C)C(/C=C/C=C/C=C2/N(CCCCCC(=O)ON3C(=O)CCC3=O)c3ccc(S(=O)(=O)O)cc3C2(C)C)=Nc2ccc(S(=O)(=O)O)cc21. The van der Waals surface area contributed by atoms with Crippen LogP contribution >= 0.6 is 0 Å². The number of aliphatic imine (C=N–C) groups is 1. The fraction of sp³-hybridized carbons (Fsp3) is 0.371. The third-order valence-electron chi connectivity index (χ3n) is 9.17. The molecule has 2 aromatic rings. The molecule has 0 atom stereocenters. The number of fused-ring (bicyclic) bond motifs is 2. The van der Waals surface area contributed by atoms with Gasteiger partial charge >= 0.3 is 5.97 Å². The second-order valence-corrected chi connectivity index (χ2v) is 16.2. The zero-order chi connectivity index (χ0) is 36.6. The number of nitrogens with zero attached hydrogens (tertiary/aromatic N) is 3. The molecule has 15 heteroatoms. The quantitative estimate of drug-likeness (QED) is 0.122. The second-order valence-electron chi connectivity index (χ2n) is 13.4. The van der Waals surface area contributed by atoms with Crippen molar-refractivity contribution in [3.8, 4) is 0 Å². The number of allylic oxidation sites excluding steroid dienone is 6. The first-order chi connectivity index (χ1) is 23.3. The number of carbonyl (C=O) groups is 3. The molecule has 2 aromatic carbocycles. The number of unbranched alkanes of at least 4 members (excludes halogenated alkanes) is 2. The third kappa shape index (κ3) is 7.50. The molecule has 3 aliphatic heterocycles. The number of hydroxylamine groups is 2. The Hall–Kier alpha value is -4.44. The lowest BCUT2D eigenvalue weighted by Crippen LogP contribution is -2.32. The van der Waals surface area contributed by atoms with Crippen LogP contribution in [0.2, 0.25) is 0 Å². The predicted molar refractivity (Wildman–Crippen MR) is 185 cm³/mol. The summed E-state index contributed by atoms with van der Waals surface area (Å²) in [5.41, 5.74) is 3.11. The summed E-state index contributed by atoms with van der Waals surface area (Å²) >= 11 is 0. The van der Waals surface area contributed by atoms with Crippen molar-refractivity contribution in [1.29, 1.82) is 0 Å². The maximum Gasteiger partial charge on any atom is 0.333 e. The lowest BCUT2D eigenvalue weighted by Gasteiger charge is -2.27. The molecule has 0 bridgehead atoms. The molecular weight excluding hydrogens is 687 g/mol. The van der Waals surface area contributed by atoms with Crippen LogP contribution in [0.4, 0.5) is 11.4 Å². The van der Waals surface area contributed by atoms with Gasteiger partial charge in [-0.25, -0.2) is 4.79 Å². The van der Waals surface area contributed by atoms with Gasteiger partial charge in [0.1, 0.15) is 0 Å². The highest BCUT2D eigenvalue weighted by Crippen LogP contribution is 2.48. The minimum Gasteiger partial charge on any atom is -0.344 e. The fourth-order valence-corrected chi connectivity index (χ4v) is 7.38. The average Bonchev–Trinajstić information content (AvgIpc) is 3.56. The van der Waals surface area contributed by atoms with E-state index in [2.05, 4.69) is 9.89 Å². The van der Waals surface area contributed by atoms with E-state index in [0.29, 0.717) is 47.8 Å². The van der Waals surface area contributed by atoms with Crippen LogP contribution in [-0.4, -0.2) is 61.0 Å².